The van der Waals surface area contributed by atoms with Gasteiger partial charge in [-0.3, -0.25) is 10.1 Å². The molecule has 0 amide bonds. The van der Waals surface area contributed by atoms with Crippen LogP contribution in [-0.4, -0.2) is 28.5 Å². The number of benzene rings is 1. The molecule has 0 aliphatic rings. The molecule has 94 valence electrons. The molecule has 0 aliphatic heterocycles. The highest BCUT2D eigenvalue weighted by molar-refractivity contribution is 7.90. The summed E-state index contributed by atoms with van der Waals surface area (Å²) >= 11 is 0. The summed E-state index contributed by atoms with van der Waals surface area (Å²) in [6.45, 7) is 0. The number of hydrazine groups is 1. The van der Waals surface area contributed by atoms with E-state index in [-0.39, 0.29) is 0 Å². The largest absolute Gasteiger partial charge is 0.465 e. The van der Waals surface area contributed by atoms with E-state index in [4.69, 9.17) is 5.84 Å². The van der Waals surface area contributed by atoms with Crippen molar-refractivity contribution in [1.29, 1.82) is 0 Å². The molecule has 1 rings (SSSR count). The molecule has 0 spiro atoms. The van der Waals surface area contributed by atoms with E-state index < -0.39 is 16.2 Å². The van der Waals surface area contributed by atoms with E-state index in [2.05, 4.69) is 4.74 Å². The average Bonchev–Trinajstić information content (AvgIpc) is 2.37. The average molecular weight is 259 g/mol. The van der Waals surface area contributed by atoms with E-state index in [0.29, 0.717) is 11.3 Å². The Morgan fingerprint density at radius 2 is 1.88 bits per heavy atom. The summed E-state index contributed by atoms with van der Waals surface area (Å²) in [5.74, 6) is 4.40. The molecule has 1 aromatic carbocycles. The number of anilines is 1. The van der Waals surface area contributed by atoms with Crippen molar-refractivity contribution in [2.45, 2.75) is 0 Å². The first kappa shape index (κ1) is 13.4. The van der Waals surface area contributed by atoms with E-state index in [1.165, 1.54) is 38.4 Å². The van der Waals surface area contributed by atoms with Gasteiger partial charge in [0.05, 0.1) is 18.4 Å². The summed E-state index contributed by atoms with van der Waals surface area (Å²) in [4.78, 5) is 12.9. The number of nitrogens with two attached hydrogens (primary N) is 1. The highest BCUT2D eigenvalue weighted by Crippen LogP contribution is 2.16. The number of methoxy groups -OCH3 is 1. The van der Waals surface area contributed by atoms with Crippen molar-refractivity contribution in [3.63, 3.8) is 0 Å². The van der Waals surface area contributed by atoms with Crippen LogP contribution in [0.1, 0.15) is 10.4 Å². The molecule has 0 fully saturated rings. The molecule has 0 saturated heterocycles. The Morgan fingerprint density at radius 3 is 2.29 bits per heavy atom. The lowest BCUT2D eigenvalue weighted by atomic mass is 10.2. The summed E-state index contributed by atoms with van der Waals surface area (Å²) in [7, 11) is -1.14. The van der Waals surface area contributed by atoms with E-state index in [9.17, 15) is 13.2 Å². The van der Waals surface area contributed by atoms with Gasteiger partial charge < -0.3 is 4.74 Å². The van der Waals surface area contributed by atoms with Crippen molar-refractivity contribution in [2.75, 3.05) is 18.5 Å². The number of rotatable bonds is 4. The predicted octanol–water partition coefficient (Wildman–Crippen LogP) is -0.382. The number of hydrogen-bond donors (Lipinski definition) is 2. The van der Waals surface area contributed by atoms with Gasteiger partial charge in [0.25, 0.3) is 0 Å². The third-order valence-electron chi connectivity index (χ3n) is 2.16. The summed E-state index contributed by atoms with van der Waals surface area (Å²) in [6.07, 6.45) is 0. The Labute approximate surface area is 99.3 Å². The topological polar surface area (TPSA) is 102 Å². The van der Waals surface area contributed by atoms with Crippen molar-refractivity contribution < 1.29 is 17.9 Å². The molecule has 0 heterocycles. The number of carbonyl (C=O) groups excluding carboxylic acids is 1. The Balaban J connectivity index is 3.00. The molecule has 0 radical (unpaired) electrons. The fraction of sp³-hybridized carbons (Fsp3) is 0.222. The molecule has 1 aromatic rings. The number of nitrogens with one attached hydrogen (secondary N) is 1. The fourth-order valence-corrected chi connectivity index (χ4v) is 1.70. The first-order valence-corrected chi connectivity index (χ1v) is 6.01. The normalized spacial score (nSPS) is 11.0. The van der Waals surface area contributed by atoms with Crippen LogP contribution in [-0.2, 0) is 14.9 Å². The van der Waals surface area contributed by atoms with E-state index in [0.717, 1.165) is 4.31 Å². The van der Waals surface area contributed by atoms with Crippen LogP contribution in [0.2, 0.25) is 0 Å². The van der Waals surface area contributed by atoms with Crippen LogP contribution in [0, 0.1) is 0 Å². The molecule has 0 unspecified atom stereocenters. The smallest absolute Gasteiger partial charge is 0.337 e. The van der Waals surface area contributed by atoms with Crippen LogP contribution in [0.4, 0.5) is 5.69 Å². The van der Waals surface area contributed by atoms with Crippen molar-refractivity contribution >= 4 is 21.9 Å². The van der Waals surface area contributed by atoms with E-state index in [1.54, 1.807) is 4.83 Å². The van der Waals surface area contributed by atoms with Gasteiger partial charge in [-0.25, -0.2) is 4.79 Å². The third kappa shape index (κ3) is 2.93. The molecule has 0 saturated carbocycles. The van der Waals surface area contributed by atoms with E-state index in [1.807, 2.05) is 0 Å². The maximum absolute atomic E-state index is 11.4. The lowest BCUT2D eigenvalue weighted by Crippen LogP contribution is -2.42. The maximum atomic E-state index is 11.4. The molecular formula is C9H13N3O4S. The van der Waals surface area contributed by atoms with Gasteiger partial charge in [-0.05, 0) is 24.3 Å². The van der Waals surface area contributed by atoms with Crippen molar-refractivity contribution in [3.8, 4) is 0 Å². The third-order valence-corrected chi connectivity index (χ3v) is 3.39. The molecule has 0 aromatic heterocycles. The summed E-state index contributed by atoms with van der Waals surface area (Å²) in [5, 5.41) is 0. The van der Waals surface area contributed by atoms with Gasteiger partial charge >= 0.3 is 16.2 Å². The second kappa shape index (κ2) is 5.13. The molecule has 7 nitrogen and oxygen atoms in total. The first-order chi connectivity index (χ1) is 7.92. The zero-order chi connectivity index (χ0) is 13.1. The fourth-order valence-electron chi connectivity index (χ4n) is 1.14. The number of ether oxygens (including phenoxy) is 1. The molecular weight excluding hydrogens is 246 g/mol. The first-order valence-electron chi connectivity index (χ1n) is 4.57. The quantitative estimate of drug-likeness (QED) is 0.436. The van der Waals surface area contributed by atoms with Crippen molar-refractivity contribution in [1.82, 2.24) is 4.83 Å². The number of hydrogen-bond acceptors (Lipinski definition) is 5. The number of nitrogens with zero attached hydrogens (tertiary/aromatic N) is 1. The van der Waals surface area contributed by atoms with Gasteiger partial charge in [0, 0.05) is 7.05 Å². The van der Waals surface area contributed by atoms with Crippen molar-refractivity contribution in [3.05, 3.63) is 29.8 Å². The SMILES string of the molecule is COC(=O)c1ccc(N(C)S(=O)(=O)NN)cc1. The number of esters is 1. The zero-order valence-electron chi connectivity index (χ0n) is 9.38. The van der Waals surface area contributed by atoms with Gasteiger partial charge in [0.2, 0.25) is 0 Å². The molecule has 0 aliphatic carbocycles. The van der Waals surface area contributed by atoms with Gasteiger partial charge in [-0.1, -0.05) is 0 Å². The molecule has 17 heavy (non-hydrogen) atoms. The minimum Gasteiger partial charge on any atom is -0.465 e. The lowest BCUT2D eigenvalue weighted by molar-refractivity contribution is 0.0601. The highest BCUT2D eigenvalue weighted by Gasteiger charge is 2.16. The number of carbonyl (C=O) groups is 1. The second-order valence-electron chi connectivity index (χ2n) is 3.13. The Bertz CT molecular complexity index is 497. The van der Waals surface area contributed by atoms with Crippen LogP contribution in [0.3, 0.4) is 0 Å². The van der Waals surface area contributed by atoms with Crippen LogP contribution in [0.25, 0.3) is 0 Å². The van der Waals surface area contributed by atoms with Gasteiger partial charge in [-0.15, -0.1) is 4.83 Å². The Morgan fingerprint density at radius 1 is 1.35 bits per heavy atom. The van der Waals surface area contributed by atoms with E-state index >= 15 is 0 Å². The van der Waals surface area contributed by atoms with Crippen LogP contribution in [0.15, 0.2) is 24.3 Å². The molecule has 3 N–H and O–H groups in total. The minimum atomic E-state index is -3.74. The van der Waals surface area contributed by atoms with Crippen LogP contribution in [0.5, 0.6) is 0 Å². The standard InChI is InChI=1S/C9H13N3O4S/c1-12(17(14,15)11-10)8-5-3-7(4-6-8)9(13)16-2/h3-6,11H,10H2,1-2H3. The molecule has 8 heteroatoms. The second-order valence-corrected chi connectivity index (χ2v) is 4.86. The molecule has 0 atom stereocenters. The lowest BCUT2D eigenvalue weighted by Gasteiger charge is -2.18. The highest BCUT2D eigenvalue weighted by atomic mass is 32.2. The summed E-state index contributed by atoms with van der Waals surface area (Å²) in [5.41, 5.74) is 0.707. The monoisotopic (exact) mass is 259 g/mol. The van der Waals surface area contributed by atoms with Crippen molar-refractivity contribution in [2.24, 2.45) is 5.84 Å². The summed E-state index contributed by atoms with van der Waals surface area (Å²) in [6, 6.07) is 5.87. The maximum Gasteiger partial charge on any atom is 0.337 e. The Kier molecular flexibility index (Phi) is 4.05. The van der Waals surface area contributed by atoms with Gasteiger partial charge in [-0.2, -0.15) is 8.42 Å². The predicted molar refractivity (Wildman–Crippen MR) is 62.4 cm³/mol. The Hall–Kier alpha value is -1.64. The van der Waals surface area contributed by atoms with Gasteiger partial charge in [0.15, 0.2) is 0 Å². The van der Waals surface area contributed by atoms with Crippen LogP contribution < -0.4 is 15.0 Å². The molecule has 0 bridgehead atoms. The van der Waals surface area contributed by atoms with Crippen LogP contribution >= 0.6 is 0 Å². The summed E-state index contributed by atoms with van der Waals surface area (Å²) < 4.78 is 28.2. The minimum absolute atomic E-state index is 0.336. The zero-order valence-corrected chi connectivity index (χ0v) is 10.2. The van der Waals surface area contributed by atoms with Gasteiger partial charge in [0.1, 0.15) is 0 Å².